The van der Waals surface area contributed by atoms with Crippen molar-refractivity contribution in [3.8, 4) is 33.4 Å². The van der Waals surface area contributed by atoms with Crippen molar-refractivity contribution in [2.45, 2.75) is 38.3 Å². The molecule has 0 bridgehead atoms. The first kappa shape index (κ1) is 22.9. The molecule has 3 aromatic carbocycles. The van der Waals surface area contributed by atoms with E-state index in [1.54, 1.807) is 29.5 Å². The third kappa shape index (κ3) is 4.64. The summed E-state index contributed by atoms with van der Waals surface area (Å²) >= 11 is 1.54. The summed E-state index contributed by atoms with van der Waals surface area (Å²) < 4.78 is 18.5. The zero-order valence-electron chi connectivity index (χ0n) is 19.8. The number of thiophene rings is 1. The number of phenolic OH excluding ortho intramolecular Hbond substituents is 1. The van der Waals surface area contributed by atoms with Gasteiger partial charge in [0.1, 0.15) is 23.9 Å². The molecular weight excluding hydrogens is 474 g/mol. The van der Waals surface area contributed by atoms with E-state index in [1.807, 2.05) is 42.5 Å². The molecule has 1 unspecified atom stereocenters. The molecular formula is C29H27NO5S. The number of rotatable bonds is 7. The van der Waals surface area contributed by atoms with E-state index in [9.17, 15) is 9.90 Å². The van der Waals surface area contributed by atoms with Gasteiger partial charge in [-0.05, 0) is 86.0 Å². The fourth-order valence-electron chi connectivity index (χ4n) is 4.84. The highest BCUT2D eigenvalue weighted by Gasteiger charge is 2.23. The average Bonchev–Trinajstić information content (AvgIpc) is 3.45. The lowest BCUT2D eigenvalue weighted by Gasteiger charge is -2.23. The van der Waals surface area contributed by atoms with Crippen LogP contribution < -0.4 is 14.8 Å². The summed E-state index contributed by atoms with van der Waals surface area (Å²) in [4.78, 5) is 12.8. The van der Waals surface area contributed by atoms with Crippen LogP contribution in [0.3, 0.4) is 0 Å². The van der Waals surface area contributed by atoms with Crippen LogP contribution in [-0.4, -0.2) is 30.3 Å². The van der Waals surface area contributed by atoms with Crippen LogP contribution in [0.15, 0.2) is 60.7 Å². The van der Waals surface area contributed by atoms with Crippen LogP contribution in [-0.2, 0) is 11.3 Å². The molecule has 6 rings (SSSR count). The van der Waals surface area contributed by atoms with Crippen LogP contribution in [0, 0.1) is 0 Å². The van der Waals surface area contributed by atoms with Gasteiger partial charge in [-0.25, -0.2) is 4.79 Å². The second kappa shape index (κ2) is 9.84. The number of piperidine rings is 1. The van der Waals surface area contributed by atoms with Gasteiger partial charge in [0.25, 0.3) is 0 Å². The van der Waals surface area contributed by atoms with Crippen LogP contribution in [0.5, 0.6) is 23.0 Å². The molecule has 1 saturated heterocycles. The Labute approximate surface area is 213 Å². The normalized spacial score (nSPS) is 17.1. The molecule has 184 valence electrons. The van der Waals surface area contributed by atoms with E-state index in [2.05, 4.69) is 5.32 Å². The number of cyclic esters (lactones) is 1. The van der Waals surface area contributed by atoms with Crippen LogP contribution in [0.25, 0.3) is 20.5 Å². The molecule has 2 aliphatic rings. The minimum Gasteiger partial charge on any atom is -0.508 e. The maximum Gasteiger partial charge on any atom is 0.338 e. The monoisotopic (exact) mass is 501 g/mol. The molecule has 2 N–H and O–H groups in total. The third-order valence-corrected chi connectivity index (χ3v) is 7.95. The number of benzene rings is 3. The zero-order chi connectivity index (χ0) is 24.5. The zero-order valence-corrected chi connectivity index (χ0v) is 20.6. The third-order valence-electron chi connectivity index (χ3n) is 6.77. The quantitative estimate of drug-likeness (QED) is 0.276. The molecule has 6 nitrogen and oxygen atoms in total. The molecule has 3 heterocycles. The lowest BCUT2D eigenvalue weighted by atomic mass is 10.0. The largest absolute Gasteiger partial charge is 0.508 e. The SMILES string of the molecule is O=C1OCc2cc(-c3sc4cc(O)ccc4c3Oc3ccc(OCCC4CCCCN4)cc3)ccc21. The molecule has 0 amide bonds. The number of carbonyl (C=O) groups excluding carboxylic acids is 1. The van der Waals surface area contributed by atoms with Gasteiger partial charge in [-0.2, -0.15) is 0 Å². The lowest BCUT2D eigenvalue weighted by Crippen LogP contribution is -2.35. The lowest BCUT2D eigenvalue weighted by molar-refractivity contribution is 0.0535. The first-order chi connectivity index (χ1) is 17.6. The Morgan fingerprint density at radius 3 is 2.72 bits per heavy atom. The van der Waals surface area contributed by atoms with Gasteiger partial charge in [-0.3, -0.25) is 0 Å². The molecule has 1 aromatic heterocycles. The van der Waals surface area contributed by atoms with Crippen LogP contribution in [0.1, 0.15) is 41.6 Å². The van der Waals surface area contributed by atoms with Crippen molar-refractivity contribution in [1.82, 2.24) is 5.32 Å². The predicted octanol–water partition coefficient (Wildman–Crippen LogP) is 6.65. The predicted molar refractivity (Wildman–Crippen MR) is 140 cm³/mol. The Morgan fingerprint density at radius 1 is 1.03 bits per heavy atom. The average molecular weight is 502 g/mol. The van der Waals surface area contributed by atoms with Gasteiger partial charge in [0.15, 0.2) is 5.75 Å². The molecule has 1 atom stereocenters. The fraction of sp³-hybridized carbons (Fsp3) is 0.276. The van der Waals surface area contributed by atoms with E-state index in [1.165, 1.54) is 19.3 Å². The minimum absolute atomic E-state index is 0.208. The number of esters is 1. The number of aromatic hydroxyl groups is 1. The van der Waals surface area contributed by atoms with Crippen LogP contribution in [0.2, 0.25) is 0 Å². The van der Waals surface area contributed by atoms with E-state index >= 15 is 0 Å². The van der Waals surface area contributed by atoms with Crippen molar-refractivity contribution in [2.75, 3.05) is 13.2 Å². The summed E-state index contributed by atoms with van der Waals surface area (Å²) in [6.45, 7) is 2.07. The van der Waals surface area contributed by atoms with E-state index in [4.69, 9.17) is 14.2 Å². The van der Waals surface area contributed by atoms with Crippen molar-refractivity contribution in [3.63, 3.8) is 0 Å². The van der Waals surface area contributed by atoms with Gasteiger partial charge < -0.3 is 24.6 Å². The number of carbonyl (C=O) groups is 1. The van der Waals surface area contributed by atoms with Gasteiger partial charge >= 0.3 is 5.97 Å². The van der Waals surface area contributed by atoms with E-state index in [0.29, 0.717) is 24.0 Å². The Bertz CT molecular complexity index is 1410. The highest BCUT2D eigenvalue weighted by atomic mass is 32.1. The minimum atomic E-state index is -0.286. The van der Waals surface area contributed by atoms with E-state index < -0.39 is 0 Å². The van der Waals surface area contributed by atoms with E-state index in [0.717, 1.165) is 50.6 Å². The Morgan fingerprint density at radius 2 is 1.89 bits per heavy atom. The number of hydrogen-bond acceptors (Lipinski definition) is 7. The molecule has 0 radical (unpaired) electrons. The Hall–Kier alpha value is -3.55. The molecule has 0 saturated carbocycles. The van der Waals surface area contributed by atoms with Crippen molar-refractivity contribution in [1.29, 1.82) is 0 Å². The first-order valence-corrected chi connectivity index (χ1v) is 13.2. The van der Waals surface area contributed by atoms with E-state index in [-0.39, 0.29) is 18.3 Å². The Kier molecular flexibility index (Phi) is 6.25. The standard InChI is InChI=1S/C29H27NO5S/c31-21-5-11-25-26(16-21)36-28(18-4-10-24-19(15-18)17-34-29(24)32)27(25)35-23-8-6-22(7-9-23)33-14-12-20-3-1-2-13-30-20/h4-11,15-16,20,30-31H,1-3,12-14,17H2. The van der Waals surface area contributed by atoms with Crippen molar-refractivity contribution >= 4 is 27.4 Å². The summed E-state index contributed by atoms with van der Waals surface area (Å²) in [5.41, 5.74) is 2.42. The van der Waals surface area contributed by atoms with Gasteiger partial charge in [-0.1, -0.05) is 12.5 Å². The van der Waals surface area contributed by atoms with Crippen molar-refractivity contribution in [3.05, 3.63) is 71.8 Å². The maximum absolute atomic E-state index is 11.9. The van der Waals surface area contributed by atoms with Gasteiger partial charge in [0.05, 0.1) is 17.0 Å². The van der Waals surface area contributed by atoms with Crippen molar-refractivity contribution in [2.24, 2.45) is 0 Å². The molecule has 2 aliphatic heterocycles. The molecule has 1 fully saturated rings. The maximum atomic E-state index is 11.9. The number of phenols is 1. The van der Waals surface area contributed by atoms with Crippen molar-refractivity contribution < 1.29 is 24.1 Å². The summed E-state index contributed by atoms with van der Waals surface area (Å²) in [5, 5.41) is 14.5. The second-order valence-corrected chi connectivity index (χ2v) is 10.3. The topological polar surface area (TPSA) is 77.0 Å². The molecule has 0 spiro atoms. The molecule has 7 heteroatoms. The second-order valence-electron chi connectivity index (χ2n) is 9.25. The molecule has 4 aromatic rings. The van der Waals surface area contributed by atoms with Crippen LogP contribution in [0.4, 0.5) is 0 Å². The number of fused-ring (bicyclic) bond motifs is 2. The van der Waals surface area contributed by atoms with Gasteiger partial charge in [0, 0.05) is 21.7 Å². The fourth-order valence-corrected chi connectivity index (χ4v) is 6.00. The highest BCUT2D eigenvalue weighted by Crippen LogP contribution is 2.47. The summed E-state index contributed by atoms with van der Waals surface area (Å²) in [5.74, 6) is 2.16. The van der Waals surface area contributed by atoms with Crippen LogP contribution >= 0.6 is 11.3 Å². The summed E-state index contributed by atoms with van der Waals surface area (Å²) in [6.07, 6.45) is 4.78. The summed E-state index contributed by atoms with van der Waals surface area (Å²) in [7, 11) is 0. The number of ether oxygens (including phenoxy) is 3. The molecule has 36 heavy (non-hydrogen) atoms. The van der Waals surface area contributed by atoms with Gasteiger partial charge in [-0.15, -0.1) is 11.3 Å². The Balaban J connectivity index is 1.24. The number of nitrogens with one attached hydrogen (secondary N) is 1. The van der Waals surface area contributed by atoms with Gasteiger partial charge in [0.2, 0.25) is 0 Å². The highest BCUT2D eigenvalue weighted by molar-refractivity contribution is 7.22. The smallest absolute Gasteiger partial charge is 0.338 e. The summed E-state index contributed by atoms with van der Waals surface area (Å²) in [6, 6.07) is 19.2. The molecule has 0 aliphatic carbocycles. The number of hydrogen-bond donors (Lipinski definition) is 2. The first-order valence-electron chi connectivity index (χ1n) is 12.3.